The Balaban J connectivity index is 1.73. The molecule has 1 N–H and O–H groups in total. The molecule has 0 aliphatic carbocycles. The summed E-state index contributed by atoms with van der Waals surface area (Å²) in [6.07, 6.45) is 3.44. The van der Waals surface area contributed by atoms with Crippen molar-refractivity contribution >= 4 is 16.7 Å². The van der Waals surface area contributed by atoms with E-state index in [1.165, 1.54) is 0 Å². The van der Waals surface area contributed by atoms with Gasteiger partial charge in [-0.05, 0) is 48.4 Å². The summed E-state index contributed by atoms with van der Waals surface area (Å²) in [5, 5.41) is 1.36. The van der Waals surface area contributed by atoms with Crippen LogP contribution in [-0.2, 0) is 0 Å². The van der Waals surface area contributed by atoms with Crippen LogP contribution in [0.1, 0.15) is 42.1 Å². The lowest BCUT2D eigenvalue weighted by molar-refractivity contribution is 0.0515. The number of carbonyl (C=O) groups excluding carboxylic acids is 1. The maximum atomic E-state index is 13.1. The second kappa shape index (κ2) is 6.24. The number of aromatic amines is 1. The molecule has 25 heavy (non-hydrogen) atoms. The van der Waals surface area contributed by atoms with E-state index in [1.807, 2.05) is 35.2 Å². The summed E-state index contributed by atoms with van der Waals surface area (Å²) in [5.74, 6) is 1.16. The Bertz CT molecular complexity index is 958. The van der Waals surface area contributed by atoms with Crippen LogP contribution in [-0.4, -0.2) is 22.3 Å². The Morgan fingerprint density at radius 1 is 1.24 bits per heavy atom. The maximum Gasteiger partial charge on any atom is 0.271 e. The van der Waals surface area contributed by atoms with Crippen molar-refractivity contribution in [1.29, 1.82) is 0 Å². The fraction of sp³-hybridized carbons (Fsp3) is 0.300. The number of aromatic nitrogens is 1. The van der Waals surface area contributed by atoms with Gasteiger partial charge in [-0.25, -0.2) is 0 Å². The Kier molecular flexibility index (Phi) is 3.92. The van der Waals surface area contributed by atoms with Crippen molar-refractivity contribution in [2.75, 3.05) is 6.54 Å². The average molecular weight is 336 g/mol. The van der Waals surface area contributed by atoms with E-state index in [4.69, 9.17) is 4.42 Å². The second-order valence-corrected chi connectivity index (χ2v) is 6.76. The van der Waals surface area contributed by atoms with Crippen molar-refractivity contribution in [3.8, 4) is 0 Å². The molecule has 1 aliphatic rings. The summed E-state index contributed by atoms with van der Waals surface area (Å²) >= 11 is 0. The highest BCUT2D eigenvalue weighted by atomic mass is 16.3. The normalized spacial score (nSPS) is 20.8. The number of furan rings is 1. The molecular weight excluding hydrogens is 316 g/mol. The molecule has 5 nitrogen and oxygen atoms in total. The molecule has 0 saturated carbocycles. The van der Waals surface area contributed by atoms with Crippen LogP contribution in [0, 0.1) is 5.92 Å². The maximum absolute atomic E-state index is 13.1. The van der Waals surface area contributed by atoms with Crippen molar-refractivity contribution in [2.45, 2.75) is 25.8 Å². The summed E-state index contributed by atoms with van der Waals surface area (Å²) in [5.41, 5.74) is 0.0937. The molecule has 0 radical (unpaired) electrons. The predicted molar refractivity (Wildman–Crippen MR) is 95.5 cm³/mol. The highest BCUT2D eigenvalue weighted by Gasteiger charge is 2.33. The number of hydrogen-bond donors (Lipinski definition) is 1. The first-order valence-electron chi connectivity index (χ1n) is 8.60. The number of nitrogens with one attached hydrogen (secondary N) is 1. The topological polar surface area (TPSA) is 66.3 Å². The number of amides is 1. The van der Waals surface area contributed by atoms with Gasteiger partial charge in [0, 0.05) is 11.9 Å². The van der Waals surface area contributed by atoms with Gasteiger partial charge in [0.15, 0.2) is 0 Å². The number of likely N-dealkylation sites (tertiary alicyclic amines) is 1. The summed E-state index contributed by atoms with van der Waals surface area (Å²) in [6.45, 7) is 2.84. The van der Waals surface area contributed by atoms with E-state index in [1.54, 1.807) is 18.4 Å². The fourth-order valence-electron chi connectivity index (χ4n) is 3.62. The fourth-order valence-corrected chi connectivity index (χ4v) is 3.62. The minimum atomic E-state index is -0.235. The number of fused-ring (bicyclic) bond motifs is 1. The van der Waals surface area contributed by atoms with Crippen LogP contribution in [0.5, 0.6) is 0 Å². The van der Waals surface area contributed by atoms with Gasteiger partial charge in [-0.2, -0.15) is 0 Å². The quantitative estimate of drug-likeness (QED) is 0.775. The second-order valence-electron chi connectivity index (χ2n) is 6.76. The zero-order chi connectivity index (χ0) is 17.4. The SMILES string of the molecule is CC1CCN(C(=O)c2cc3ccccc3c(=O)[nH]2)C(c2ccco2)C1. The average Bonchev–Trinajstić information content (AvgIpc) is 3.15. The number of H-pyrrole nitrogens is 1. The lowest BCUT2D eigenvalue weighted by Gasteiger charge is -2.37. The third-order valence-electron chi connectivity index (χ3n) is 4.98. The zero-order valence-electron chi connectivity index (χ0n) is 14.1. The number of rotatable bonds is 2. The number of hydrogen-bond acceptors (Lipinski definition) is 3. The smallest absolute Gasteiger partial charge is 0.271 e. The molecule has 1 aromatic carbocycles. The summed E-state index contributed by atoms with van der Waals surface area (Å²) in [7, 11) is 0. The van der Waals surface area contributed by atoms with Gasteiger partial charge in [0.05, 0.1) is 12.3 Å². The van der Waals surface area contributed by atoms with Crippen molar-refractivity contribution in [3.63, 3.8) is 0 Å². The van der Waals surface area contributed by atoms with E-state index in [0.29, 0.717) is 23.5 Å². The lowest BCUT2D eigenvalue weighted by Crippen LogP contribution is -2.41. The van der Waals surface area contributed by atoms with Gasteiger partial charge in [0.25, 0.3) is 11.5 Å². The largest absolute Gasteiger partial charge is 0.467 e. The molecule has 4 rings (SSSR count). The zero-order valence-corrected chi connectivity index (χ0v) is 14.1. The number of piperidine rings is 1. The van der Waals surface area contributed by atoms with E-state index in [-0.39, 0.29) is 17.5 Å². The number of carbonyl (C=O) groups is 1. The monoisotopic (exact) mass is 336 g/mol. The molecule has 1 aliphatic heterocycles. The van der Waals surface area contributed by atoms with E-state index in [0.717, 1.165) is 24.0 Å². The Labute approximate surface area is 145 Å². The molecule has 3 heterocycles. The molecule has 128 valence electrons. The van der Waals surface area contributed by atoms with E-state index in [2.05, 4.69) is 11.9 Å². The van der Waals surface area contributed by atoms with Crippen LogP contribution in [0.15, 0.2) is 57.9 Å². The number of pyridine rings is 1. The van der Waals surface area contributed by atoms with Gasteiger partial charge in [0.2, 0.25) is 0 Å². The standard InChI is InChI=1S/C20H20N2O3/c1-13-8-9-22(17(11-13)18-7-4-10-25-18)20(24)16-12-14-5-2-3-6-15(14)19(23)21-16/h2-7,10,12-13,17H,8-9,11H2,1H3,(H,21,23). The molecule has 1 saturated heterocycles. The van der Waals surface area contributed by atoms with Crippen LogP contribution in [0.2, 0.25) is 0 Å². The van der Waals surface area contributed by atoms with Gasteiger partial charge in [-0.1, -0.05) is 25.1 Å². The molecule has 3 aromatic rings. The predicted octanol–water partition coefficient (Wildman–Crippen LogP) is 3.73. The Morgan fingerprint density at radius 2 is 2.08 bits per heavy atom. The van der Waals surface area contributed by atoms with E-state index < -0.39 is 0 Å². The molecule has 5 heteroatoms. The van der Waals surface area contributed by atoms with Crippen LogP contribution in [0.3, 0.4) is 0 Å². The van der Waals surface area contributed by atoms with Gasteiger partial charge in [-0.3, -0.25) is 9.59 Å². The van der Waals surface area contributed by atoms with Gasteiger partial charge in [0.1, 0.15) is 11.5 Å². The number of nitrogens with zero attached hydrogens (tertiary/aromatic N) is 1. The molecule has 1 fully saturated rings. The van der Waals surface area contributed by atoms with Crippen LogP contribution < -0.4 is 5.56 Å². The first kappa shape index (κ1) is 15.7. The summed E-state index contributed by atoms with van der Waals surface area (Å²) < 4.78 is 5.57. The third-order valence-corrected chi connectivity index (χ3v) is 4.98. The molecule has 2 atom stereocenters. The molecule has 2 aromatic heterocycles. The number of benzene rings is 1. The first-order valence-corrected chi connectivity index (χ1v) is 8.60. The minimum Gasteiger partial charge on any atom is -0.467 e. The van der Waals surface area contributed by atoms with Gasteiger partial charge < -0.3 is 14.3 Å². The molecule has 1 amide bonds. The first-order chi connectivity index (χ1) is 12.1. The van der Waals surface area contributed by atoms with Crippen molar-refractivity contribution in [1.82, 2.24) is 9.88 Å². The molecule has 0 bridgehead atoms. The van der Waals surface area contributed by atoms with Crippen molar-refractivity contribution < 1.29 is 9.21 Å². The van der Waals surface area contributed by atoms with E-state index in [9.17, 15) is 9.59 Å². The molecular formula is C20H20N2O3. The van der Waals surface area contributed by atoms with E-state index >= 15 is 0 Å². The van der Waals surface area contributed by atoms with Crippen LogP contribution >= 0.6 is 0 Å². The highest BCUT2D eigenvalue weighted by Crippen LogP contribution is 2.35. The Hall–Kier alpha value is -2.82. The van der Waals surface area contributed by atoms with Crippen LogP contribution in [0.4, 0.5) is 0 Å². The van der Waals surface area contributed by atoms with Gasteiger partial charge in [-0.15, -0.1) is 0 Å². The Morgan fingerprint density at radius 3 is 2.88 bits per heavy atom. The van der Waals surface area contributed by atoms with Gasteiger partial charge >= 0.3 is 0 Å². The minimum absolute atomic E-state index is 0.0961. The third kappa shape index (κ3) is 2.86. The van der Waals surface area contributed by atoms with Crippen LogP contribution in [0.25, 0.3) is 10.8 Å². The molecule has 2 unspecified atom stereocenters. The van der Waals surface area contributed by atoms with Crippen molar-refractivity contribution in [2.24, 2.45) is 5.92 Å². The summed E-state index contributed by atoms with van der Waals surface area (Å²) in [6, 6.07) is 12.7. The summed E-state index contributed by atoms with van der Waals surface area (Å²) in [4.78, 5) is 30.0. The van der Waals surface area contributed by atoms with Crippen molar-refractivity contribution in [3.05, 3.63) is 70.5 Å². The highest BCUT2D eigenvalue weighted by molar-refractivity contribution is 5.96. The lowest BCUT2D eigenvalue weighted by atomic mass is 9.90. The molecule has 0 spiro atoms.